The smallest absolute Gasteiger partial charge is 0.332 e. The first kappa shape index (κ1) is 20.6. The SMILES string of the molecule is Cc1cccc(Oc2nc3c(c(=O)n(CCCO)c(=O)n3C)n2Cc2ccccc2)c1. The van der Waals surface area contributed by atoms with Crippen LogP contribution in [0.5, 0.6) is 11.8 Å². The zero-order valence-corrected chi connectivity index (χ0v) is 17.5. The first-order chi connectivity index (χ1) is 15.0. The second-order valence-corrected chi connectivity index (χ2v) is 7.43. The number of rotatable bonds is 7. The summed E-state index contributed by atoms with van der Waals surface area (Å²) in [5, 5.41) is 9.17. The van der Waals surface area contributed by atoms with Crippen molar-refractivity contribution in [3.8, 4) is 11.8 Å². The number of aliphatic hydroxyl groups is 1. The predicted molar refractivity (Wildman–Crippen MR) is 118 cm³/mol. The quantitative estimate of drug-likeness (QED) is 0.496. The van der Waals surface area contributed by atoms with E-state index in [0.29, 0.717) is 18.7 Å². The van der Waals surface area contributed by atoms with E-state index < -0.39 is 11.2 Å². The number of aliphatic hydroxyl groups excluding tert-OH is 1. The van der Waals surface area contributed by atoms with E-state index >= 15 is 0 Å². The van der Waals surface area contributed by atoms with Gasteiger partial charge in [0.25, 0.3) is 5.56 Å². The Hall–Kier alpha value is -3.65. The molecule has 8 nitrogen and oxygen atoms in total. The van der Waals surface area contributed by atoms with Crippen molar-refractivity contribution in [1.29, 1.82) is 0 Å². The van der Waals surface area contributed by atoms with Crippen LogP contribution >= 0.6 is 0 Å². The van der Waals surface area contributed by atoms with Crippen LogP contribution in [0.3, 0.4) is 0 Å². The standard InChI is InChI=1S/C23H24N4O4/c1-16-8-6-11-18(14-16)31-22-24-20-19(27(22)15-17-9-4-3-5-10-17)21(29)26(12-7-13-28)23(30)25(20)2/h3-6,8-11,14,28H,7,12-13,15H2,1-2H3. The molecule has 1 N–H and O–H groups in total. The third-order valence-electron chi connectivity index (χ3n) is 5.12. The molecule has 0 aliphatic rings. The molecule has 0 amide bonds. The van der Waals surface area contributed by atoms with Gasteiger partial charge in [-0.05, 0) is 36.6 Å². The van der Waals surface area contributed by atoms with Crippen molar-refractivity contribution in [2.75, 3.05) is 6.61 Å². The molecule has 0 bridgehead atoms. The summed E-state index contributed by atoms with van der Waals surface area (Å²) in [6, 6.07) is 17.4. The van der Waals surface area contributed by atoms with Crippen LogP contribution in [0.4, 0.5) is 0 Å². The summed E-state index contributed by atoms with van der Waals surface area (Å²) < 4.78 is 10.2. The summed E-state index contributed by atoms with van der Waals surface area (Å²) in [5.41, 5.74) is 1.61. The molecule has 0 saturated carbocycles. The molecule has 0 spiro atoms. The second kappa shape index (κ2) is 8.61. The van der Waals surface area contributed by atoms with Crippen LogP contribution in [0.15, 0.2) is 64.2 Å². The molecule has 2 aromatic carbocycles. The number of benzene rings is 2. The lowest BCUT2D eigenvalue weighted by molar-refractivity contribution is 0.277. The molecule has 160 valence electrons. The highest BCUT2D eigenvalue weighted by Gasteiger charge is 2.21. The van der Waals surface area contributed by atoms with Crippen molar-refractivity contribution in [3.05, 3.63) is 86.6 Å². The minimum atomic E-state index is -0.475. The van der Waals surface area contributed by atoms with Crippen molar-refractivity contribution in [1.82, 2.24) is 18.7 Å². The van der Waals surface area contributed by atoms with E-state index in [-0.39, 0.29) is 30.3 Å². The fraction of sp³-hybridized carbons (Fsp3) is 0.261. The fourth-order valence-corrected chi connectivity index (χ4v) is 3.55. The summed E-state index contributed by atoms with van der Waals surface area (Å²) in [6.07, 6.45) is 0.306. The van der Waals surface area contributed by atoms with Gasteiger partial charge < -0.3 is 9.84 Å². The van der Waals surface area contributed by atoms with E-state index in [0.717, 1.165) is 15.7 Å². The van der Waals surface area contributed by atoms with Gasteiger partial charge >= 0.3 is 11.7 Å². The van der Waals surface area contributed by atoms with Gasteiger partial charge in [0.15, 0.2) is 11.2 Å². The summed E-state index contributed by atoms with van der Waals surface area (Å²) in [6.45, 7) is 2.33. The fourth-order valence-electron chi connectivity index (χ4n) is 3.55. The van der Waals surface area contributed by atoms with Crippen molar-refractivity contribution in [2.24, 2.45) is 7.05 Å². The molecular weight excluding hydrogens is 396 g/mol. The van der Waals surface area contributed by atoms with Crippen LogP contribution in [-0.2, 0) is 20.1 Å². The Bertz CT molecular complexity index is 1340. The molecule has 0 saturated heterocycles. The lowest BCUT2D eigenvalue weighted by atomic mass is 10.2. The van der Waals surface area contributed by atoms with Gasteiger partial charge in [0, 0.05) is 20.2 Å². The minimum absolute atomic E-state index is 0.112. The zero-order valence-electron chi connectivity index (χ0n) is 17.5. The van der Waals surface area contributed by atoms with Crippen molar-refractivity contribution in [3.63, 3.8) is 0 Å². The molecule has 0 aliphatic heterocycles. The normalized spacial score (nSPS) is 11.2. The maximum Gasteiger partial charge on any atom is 0.332 e. The Morgan fingerprint density at radius 3 is 2.52 bits per heavy atom. The van der Waals surface area contributed by atoms with Crippen molar-refractivity contribution in [2.45, 2.75) is 26.4 Å². The van der Waals surface area contributed by atoms with Crippen LogP contribution < -0.4 is 16.0 Å². The number of fused-ring (bicyclic) bond motifs is 1. The Labute approximate surface area is 178 Å². The number of imidazole rings is 1. The van der Waals surface area contributed by atoms with E-state index in [1.165, 1.54) is 4.57 Å². The molecule has 0 fully saturated rings. The number of hydrogen-bond acceptors (Lipinski definition) is 5. The number of nitrogens with zero attached hydrogens (tertiary/aromatic N) is 4. The maximum atomic E-state index is 13.3. The van der Waals surface area contributed by atoms with Gasteiger partial charge in [0.1, 0.15) is 5.75 Å². The Morgan fingerprint density at radius 1 is 1.03 bits per heavy atom. The molecule has 0 atom stereocenters. The Kier molecular flexibility index (Phi) is 5.73. The molecule has 2 heterocycles. The van der Waals surface area contributed by atoms with E-state index in [1.54, 1.807) is 11.6 Å². The molecule has 4 rings (SSSR count). The van der Waals surface area contributed by atoms with Gasteiger partial charge in [-0.3, -0.25) is 18.5 Å². The van der Waals surface area contributed by atoms with Crippen molar-refractivity contribution < 1.29 is 9.84 Å². The highest BCUT2D eigenvalue weighted by Crippen LogP contribution is 2.25. The van der Waals surface area contributed by atoms with Crippen LogP contribution in [-0.4, -0.2) is 30.4 Å². The number of hydrogen-bond donors (Lipinski definition) is 1. The Balaban J connectivity index is 1.94. The topological polar surface area (TPSA) is 91.3 Å². The van der Waals surface area contributed by atoms with Crippen LogP contribution in [0.25, 0.3) is 11.2 Å². The lowest BCUT2D eigenvalue weighted by Crippen LogP contribution is -2.39. The predicted octanol–water partition coefficient (Wildman–Crippen LogP) is 2.43. The molecule has 0 unspecified atom stereocenters. The number of aromatic nitrogens is 4. The lowest BCUT2D eigenvalue weighted by Gasteiger charge is -2.11. The van der Waals surface area contributed by atoms with E-state index in [2.05, 4.69) is 4.98 Å². The van der Waals surface area contributed by atoms with Crippen LogP contribution in [0.1, 0.15) is 17.5 Å². The van der Waals surface area contributed by atoms with E-state index in [4.69, 9.17) is 4.74 Å². The summed E-state index contributed by atoms with van der Waals surface area (Å²) in [5.74, 6) is 0.593. The average molecular weight is 420 g/mol. The second-order valence-electron chi connectivity index (χ2n) is 7.43. The molecule has 0 aliphatic carbocycles. The Morgan fingerprint density at radius 2 is 1.81 bits per heavy atom. The van der Waals surface area contributed by atoms with Gasteiger partial charge in [-0.25, -0.2) is 4.79 Å². The summed E-state index contributed by atoms with van der Waals surface area (Å²) >= 11 is 0. The monoisotopic (exact) mass is 420 g/mol. The highest BCUT2D eigenvalue weighted by atomic mass is 16.5. The number of aryl methyl sites for hydroxylation is 2. The summed E-state index contributed by atoms with van der Waals surface area (Å²) in [4.78, 5) is 30.6. The van der Waals surface area contributed by atoms with Crippen LogP contribution in [0, 0.1) is 6.92 Å². The highest BCUT2D eigenvalue weighted by molar-refractivity contribution is 5.72. The van der Waals surface area contributed by atoms with Gasteiger partial charge in [0.2, 0.25) is 0 Å². The minimum Gasteiger partial charge on any atom is -0.425 e. The first-order valence-electron chi connectivity index (χ1n) is 10.1. The number of ether oxygens (including phenoxy) is 1. The van der Waals surface area contributed by atoms with Gasteiger partial charge in [-0.1, -0.05) is 42.5 Å². The molecule has 31 heavy (non-hydrogen) atoms. The largest absolute Gasteiger partial charge is 0.425 e. The van der Waals surface area contributed by atoms with Crippen LogP contribution in [0.2, 0.25) is 0 Å². The zero-order chi connectivity index (χ0) is 22.0. The third-order valence-corrected chi connectivity index (χ3v) is 5.12. The summed E-state index contributed by atoms with van der Waals surface area (Å²) in [7, 11) is 1.58. The third kappa shape index (κ3) is 4.02. The van der Waals surface area contributed by atoms with E-state index in [9.17, 15) is 14.7 Å². The maximum absolute atomic E-state index is 13.3. The van der Waals surface area contributed by atoms with Crippen molar-refractivity contribution >= 4 is 11.2 Å². The molecule has 4 aromatic rings. The van der Waals surface area contributed by atoms with Gasteiger partial charge in [-0.15, -0.1) is 0 Å². The molecule has 2 aromatic heterocycles. The van der Waals surface area contributed by atoms with Gasteiger partial charge in [0.05, 0.1) is 6.54 Å². The van der Waals surface area contributed by atoms with E-state index in [1.807, 2.05) is 61.5 Å². The molecular formula is C23H24N4O4. The molecule has 8 heteroatoms. The van der Waals surface area contributed by atoms with Gasteiger partial charge in [-0.2, -0.15) is 4.98 Å². The molecule has 0 radical (unpaired) electrons. The first-order valence-corrected chi connectivity index (χ1v) is 10.1. The average Bonchev–Trinajstić information content (AvgIpc) is 3.11.